The Kier molecular flexibility index (Phi) is 10.2. The maximum Gasteiger partial charge on any atom is 0.408 e. The number of sulfonamides is 1. The number of carbonyl (C=O) groups is 4. The van der Waals surface area contributed by atoms with E-state index in [1.54, 1.807) is 6.20 Å². The van der Waals surface area contributed by atoms with E-state index in [1.165, 1.54) is 4.90 Å². The fourth-order valence-corrected chi connectivity index (χ4v) is 8.68. The highest BCUT2D eigenvalue weighted by Crippen LogP contribution is 2.46. The molecular formula is C36H45N5O9S. The van der Waals surface area contributed by atoms with Gasteiger partial charge in [-0.1, -0.05) is 43.2 Å². The molecule has 0 bridgehead atoms. The second-order valence-corrected chi connectivity index (χ2v) is 16.2. The Morgan fingerprint density at radius 2 is 1.80 bits per heavy atom. The summed E-state index contributed by atoms with van der Waals surface area (Å²) >= 11 is 0. The lowest BCUT2D eigenvalue weighted by Gasteiger charge is -2.30. The van der Waals surface area contributed by atoms with Crippen molar-refractivity contribution in [1.29, 1.82) is 0 Å². The highest BCUT2D eigenvalue weighted by molar-refractivity contribution is 7.91. The van der Waals surface area contributed by atoms with Gasteiger partial charge in [-0.2, -0.15) is 0 Å². The zero-order chi connectivity index (χ0) is 35.6. The fourth-order valence-electron chi connectivity index (χ4n) is 7.31. The number of nitrogens with zero attached hydrogens (tertiary/aromatic N) is 2. The summed E-state index contributed by atoms with van der Waals surface area (Å²) in [6.45, 7) is 0.992. The molecule has 2 saturated carbocycles. The van der Waals surface area contributed by atoms with Crippen LogP contribution >= 0.6 is 0 Å². The number of alkyl carbamates (subject to hydrolysis) is 1. The standard InChI is InChI=1S/C36H45N5O9S/c42-31-30-20-26(49-32-28-10-7-6-8-23(28)14-17-37-32)22-41(30)33(43)29(38-35(45)50-25-15-18-48-19-16-25)11-5-3-1-2-4-9-24-21-36(24,39-31)34(44)40-51(46,47)27-12-13-27/h4,6-10,14,17,24-27,29-30H,1-3,5,11-13,15-16,18-22H2,(H,38,45)(H,39,42)(H,40,44). The van der Waals surface area contributed by atoms with Crippen molar-refractivity contribution in [3.8, 4) is 5.88 Å². The molecule has 3 aliphatic heterocycles. The molecule has 4 amide bonds. The van der Waals surface area contributed by atoms with Crippen LogP contribution in [0.1, 0.15) is 70.6 Å². The van der Waals surface area contributed by atoms with Crippen LogP contribution in [0.2, 0.25) is 0 Å². The van der Waals surface area contributed by atoms with Crippen LogP contribution in [0.5, 0.6) is 5.88 Å². The second-order valence-electron chi connectivity index (χ2n) is 14.2. The lowest BCUT2D eigenvalue weighted by Crippen LogP contribution is -2.58. The highest BCUT2D eigenvalue weighted by atomic mass is 32.2. The Morgan fingerprint density at radius 3 is 2.61 bits per heavy atom. The average Bonchev–Trinajstić information content (AvgIpc) is 4.04. The van der Waals surface area contributed by atoms with Crippen LogP contribution in [0.25, 0.3) is 10.8 Å². The average molecular weight is 724 g/mol. The molecule has 2 aromatic rings. The van der Waals surface area contributed by atoms with Crippen molar-refractivity contribution >= 4 is 44.6 Å². The van der Waals surface area contributed by atoms with E-state index in [0.717, 1.165) is 23.6 Å². The molecule has 4 heterocycles. The quantitative estimate of drug-likeness (QED) is 0.360. The third kappa shape index (κ3) is 7.98. The van der Waals surface area contributed by atoms with Gasteiger partial charge < -0.3 is 29.7 Å². The number of aromatic nitrogens is 1. The molecule has 14 nitrogen and oxygen atoms in total. The zero-order valence-corrected chi connectivity index (χ0v) is 29.3. The molecular weight excluding hydrogens is 678 g/mol. The van der Waals surface area contributed by atoms with E-state index in [4.69, 9.17) is 14.2 Å². The van der Waals surface area contributed by atoms with E-state index in [-0.39, 0.29) is 25.5 Å². The Labute approximate surface area is 297 Å². The van der Waals surface area contributed by atoms with Gasteiger partial charge in [-0.15, -0.1) is 0 Å². The van der Waals surface area contributed by atoms with Crippen LogP contribution in [0.3, 0.4) is 0 Å². The van der Waals surface area contributed by atoms with Crippen molar-refractivity contribution in [2.45, 2.75) is 106 Å². The van der Waals surface area contributed by atoms with Crippen LogP contribution in [-0.4, -0.2) is 97.0 Å². The van der Waals surface area contributed by atoms with Gasteiger partial charge in [0, 0.05) is 36.8 Å². The molecule has 1 aromatic carbocycles. The number of hydrogen-bond acceptors (Lipinski definition) is 10. The number of pyridine rings is 1. The van der Waals surface area contributed by atoms with Gasteiger partial charge in [0.15, 0.2) is 0 Å². The van der Waals surface area contributed by atoms with Gasteiger partial charge in [-0.05, 0) is 56.0 Å². The molecule has 5 atom stereocenters. The number of rotatable bonds is 7. The lowest BCUT2D eigenvalue weighted by atomic mass is 10.0. The highest BCUT2D eigenvalue weighted by Gasteiger charge is 2.62. The monoisotopic (exact) mass is 723 g/mol. The molecule has 2 aliphatic carbocycles. The number of ether oxygens (including phenoxy) is 3. The number of amides is 4. The Bertz CT molecular complexity index is 1790. The first kappa shape index (κ1) is 35.2. The predicted molar refractivity (Wildman–Crippen MR) is 185 cm³/mol. The molecule has 0 spiro atoms. The second kappa shape index (κ2) is 14.8. The maximum absolute atomic E-state index is 14.4. The first-order chi connectivity index (χ1) is 24.6. The molecule has 5 unspecified atom stereocenters. The largest absolute Gasteiger partial charge is 0.472 e. The summed E-state index contributed by atoms with van der Waals surface area (Å²) in [4.78, 5) is 61.3. The minimum atomic E-state index is -3.87. The lowest BCUT2D eigenvalue weighted by molar-refractivity contribution is -0.141. The van der Waals surface area contributed by atoms with E-state index in [1.807, 2.05) is 42.5 Å². The number of allylic oxidation sites excluding steroid dienone is 1. The summed E-state index contributed by atoms with van der Waals surface area (Å²) in [6.07, 6.45) is 9.44. The molecule has 4 fully saturated rings. The Balaban J connectivity index is 1.16. The minimum Gasteiger partial charge on any atom is -0.472 e. The van der Waals surface area contributed by atoms with Crippen molar-refractivity contribution in [3.05, 3.63) is 48.7 Å². The summed E-state index contributed by atoms with van der Waals surface area (Å²) in [5.41, 5.74) is -1.48. The van der Waals surface area contributed by atoms with Gasteiger partial charge in [0.05, 0.1) is 25.0 Å². The topological polar surface area (TPSA) is 182 Å². The van der Waals surface area contributed by atoms with Crippen molar-refractivity contribution in [3.63, 3.8) is 0 Å². The number of benzene rings is 1. The van der Waals surface area contributed by atoms with Crippen LogP contribution in [0.15, 0.2) is 48.7 Å². The summed E-state index contributed by atoms with van der Waals surface area (Å²) in [5.74, 6) is -1.90. The van der Waals surface area contributed by atoms with Gasteiger partial charge in [-0.3, -0.25) is 19.1 Å². The van der Waals surface area contributed by atoms with Crippen molar-refractivity contribution in [1.82, 2.24) is 25.2 Å². The first-order valence-corrected chi connectivity index (χ1v) is 19.6. The van der Waals surface area contributed by atoms with Crippen LogP contribution in [-0.2, 0) is 33.9 Å². The summed E-state index contributed by atoms with van der Waals surface area (Å²) < 4.78 is 45.2. The van der Waals surface area contributed by atoms with Crippen LogP contribution in [0, 0.1) is 5.92 Å². The molecule has 3 N–H and O–H groups in total. The summed E-state index contributed by atoms with van der Waals surface area (Å²) in [5, 5.41) is 6.74. The van der Waals surface area contributed by atoms with Crippen molar-refractivity contribution < 1.29 is 41.8 Å². The SMILES string of the molecule is O=C(NC1CCCCCC=CC2CC2(C(=O)NS(=O)(=O)C2CC2)NC(=O)C2CC(Oc3nccc4ccccc34)CN2C1=O)OC1CCOCC1. The number of carbonyl (C=O) groups excluding carboxylic acids is 4. The smallest absolute Gasteiger partial charge is 0.408 e. The van der Waals surface area contributed by atoms with E-state index in [0.29, 0.717) is 64.0 Å². The Hall–Kier alpha value is -4.24. The van der Waals surface area contributed by atoms with Gasteiger partial charge in [0.25, 0.3) is 5.91 Å². The van der Waals surface area contributed by atoms with E-state index in [9.17, 15) is 27.6 Å². The third-order valence-electron chi connectivity index (χ3n) is 10.5. The van der Waals surface area contributed by atoms with Crippen molar-refractivity contribution in [2.75, 3.05) is 19.8 Å². The van der Waals surface area contributed by atoms with E-state index in [2.05, 4.69) is 20.3 Å². The van der Waals surface area contributed by atoms with Gasteiger partial charge in [0.2, 0.25) is 27.7 Å². The number of fused-ring (bicyclic) bond motifs is 3. The van der Waals surface area contributed by atoms with Gasteiger partial charge in [0.1, 0.15) is 29.8 Å². The maximum atomic E-state index is 14.4. The predicted octanol–water partition coefficient (Wildman–Crippen LogP) is 2.86. The van der Waals surface area contributed by atoms with Gasteiger partial charge in [-0.25, -0.2) is 18.2 Å². The van der Waals surface area contributed by atoms with E-state index < -0.39 is 68.7 Å². The molecule has 0 radical (unpaired) electrons. The third-order valence-corrected chi connectivity index (χ3v) is 12.3. The zero-order valence-electron chi connectivity index (χ0n) is 28.5. The summed E-state index contributed by atoms with van der Waals surface area (Å²) in [6, 6.07) is 7.41. The van der Waals surface area contributed by atoms with Crippen molar-refractivity contribution in [2.24, 2.45) is 5.92 Å². The molecule has 2 saturated heterocycles. The molecule has 7 rings (SSSR count). The fraction of sp³-hybridized carbons (Fsp3) is 0.583. The molecule has 15 heteroatoms. The molecule has 5 aliphatic rings. The normalized spacial score (nSPS) is 29.1. The molecule has 51 heavy (non-hydrogen) atoms. The molecule has 274 valence electrons. The van der Waals surface area contributed by atoms with Gasteiger partial charge >= 0.3 is 6.09 Å². The van der Waals surface area contributed by atoms with Crippen LogP contribution < -0.4 is 20.1 Å². The van der Waals surface area contributed by atoms with E-state index >= 15 is 0 Å². The number of hydrogen-bond donors (Lipinski definition) is 3. The Morgan fingerprint density at radius 1 is 1.00 bits per heavy atom. The summed E-state index contributed by atoms with van der Waals surface area (Å²) in [7, 11) is -3.87. The first-order valence-electron chi connectivity index (χ1n) is 18.0. The molecule has 1 aromatic heterocycles. The number of nitrogens with one attached hydrogen (secondary N) is 3. The van der Waals surface area contributed by atoms with Crippen LogP contribution in [0.4, 0.5) is 4.79 Å². The minimum absolute atomic E-state index is 0.0214.